The van der Waals surface area contributed by atoms with Gasteiger partial charge in [-0.2, -0.15) is 11.8 Å². The number of aliphatic carboxylic acids is 1. The van der Waals surface area contributed by atoms with E-state index in [2.05, 4.69) is 0 Å². The second-order valence-corrected chi connectivity index (χ2v) is 4.44. The molecule has 0 aliphatic rings. The number of unbranched alkanes of at least 4 members (excludes halogenated alkanes) is 2. The van der Waals surface area contributed by atoms with Gasteiger partial charge in [0.1, 0.15) is 5.76 Å². The molecule has 3 nitrogen and oxygen atoms in total. The fourth-order valence-corrected chi connectivity index (χ4v) is 2.14. The number of carboxylic acid groups (broad SMARTS) is 1. The topological polar surface area (TPSA) is 50.4 Å². The Kier molecular flexibility index (Phi) is 6.00. The Labute approximate surface area is 93.9 Å². The van der Waals surface area contributed by atoms with Crippen molar-refractivity contribution in [1.82, 2.24) is 0 Å². The minimum Gasteiger partial charge on any atom is -0.481 e. The van der Waals surface area contributed by atoms with Crippen LogP contribution in [0.15, 0.2) is 22.8 Å². The summed E-state index contributed by atoms with van der Waals surface area (Å²) in [5.41, 5.74) is 0. The van der Waals surface area contributed by atoms with Crippen LogP contribution in [0.2, 0.25) is 0 Å². The molecule has 0 saturated carbocycles. The maximum atomic E-state index is 10.2. The summed E-state index contributed by atoms with van der Waals surface area (Å²) in [5.74, 6) is 2.29. The van der Waals surface area contributed by atoms with Crippen molar-refractivity contribution >= 4 is 17.7 Å². The highest BCUT2D eigenvalue weighted by Gasteiger charge is 1.98. The summed E-state index contributed by atoms with van der Waals surface area (Å²) < 4.78 is 5.19. The minimum absolute atomic E-state index is 0.294. The van der Waals surface area contributed by atoms with Crippen LogP contribution in [0.4, 0.5) is 0 Å². The van der Waals surface area contributed by atoms with Crippen LogP contribution >= 0.6 is 11.8 Å². The molecule has 4 heteroatoms. The third-order valence-corrected chi connectivity index (χ3v) is 3.07. The number of carbonyl (C=O) groups is 1. The first-order valence-corrected chi connectivity index (χ1v) is 6.26. The normalized spacial score (nSPS) is 10.4. The van der Waals surface area contributed by atoms with Gasteiger partial charge in [-0.1, -0.05) is 6.42 Å². The average molecular weight is 228 g/mol. The van der Waals surface area contributed by atoms with Gasteiger partial charge in [0.15, 0.2) is 0 Å². The molecule has 1 aromatic heterocycles. The summed E-state index contributed by atoms with van der Waals surface area (Å²) in [7, 11) is 0. The minimum atomic E-state index is -0.696. The third kappa shape index (κ3) is 6.23. The summed E-state index contributed by atoms with van der Waals surface area (Å²) in [6.45, 7) is 0. The zero-order chi connectivity index (χ0) is 10.9. The van der Waals surface area contributed by atoms with Gasteiger partial charge >= 0.3 is 5.97 Å². The van der Waals surface area contributed by atoms with Gasteiger partial charge in [-0.25, -0.2) is 0 Å². The van der Waals surface area contributed by atoms with E-state index in [4.69, 9.17) is 9.52 Å². The molecular formula is C11H16O3S. The molecule has 0 aliphatic carbocycles. The molecule has 0 saturated heterocycles. The lowest BCUT2D eigenvalue weighted by Gasteiger charge is -1.99. The van der Waals surface area contributed by atoms with Crippen LogP contribution in [0.3, 0.4) is 0 Å². The molecule has 1 heterocycles. The van der Waals surface area contributed by atoms with Gasteiger partial charge in [-0.3, -0.25) is 4.79 Å². The molecular weight excluding hydrogens is 212 g/mol. The van der Waals surface area contributed by atoms with Crippen molar-refractivity contribution < 1.29 is 14.3 Å². The summed E-state index contributed by atoms with van der Waals surface area (Å²) in [6.07, 6.45) is 4.85. The smallest absolute Gasteiger partial charge is 0.303 e. The first kappa shape index (κ1) is 12.2. The van der Waals surface area contributed by atoms with E-state index >= 15 is 0 Å². The van der Waals surface area contributed by atoms with Crippen LogP contribution in [0.5, 0.6) is 0 Å². The van der Waals surface area contributed by atoms with Crippen LogP contribution in [-0.4, -0.2) is 16.8 Å². The van der Waals surface area contributed by atoms with E-state index in [1.807, 2.05) is 23.9 Å². The molecule has 1 rings (SSSR count). The Morgan fingerprint density at radius 2 is 2.27 bits per heavy atom. The first-order valence-electron chi connectivity index (χ1n) is 5.11. The van der Waals surface area contributed by atoms with Crippen molar-refractivity contribution in [3.05, 3.63) is 24.2 Å². The van der Waals surface area contributed by atoms with Crippen LogP contribution < -0.4 is 0 Å². The van der Waals surface area contributed by atoms with Gasteiger partial charge in [0.2, 0.25) is 0 Å². The predicted molar refractivity (Wildman–Crippen MR) is 61.0 cm³/mol. The summed E-state index contributed by atoms with van der Waals surface area (Å²) in [6, 6.07) is 3.86. The van der Waals surface area contributed by atoms with Crippen molar-refractivity contribution in [3.63, 3.8) is 0 Å². The van der Waals surface area contributed by atoms with E-state index in [9.17, 15) is 4.79 Å². The quantitative estimate of drug-likeness (QED) is 0.694. The zero-order valence-electron chi connectivity index (χ0n) is 8.65. The van der Waals surface area contributed by atoms with E-state index in [1.54, 1.807) is 6.26 Å². The van der Waals surface area contributed by atoms with Crippen LogP contribution in [0.25, 0.3) is 0 Å². The highest BCUT2D eigenvalue weighted by atomic mass is 32.2. The monoisotopic (exact) mass is 228 g/mol. The molecule has 0 amide bonds. The van der Waals surface area contributed by atoms with E-state index in [1.165, 1.54) is 0 Å². The average Bonchev–Trinajstić information content (AvgIpc) is 2.68. The summed E-state index contributed by atoms with van der Waals surface area (Å²) in [5, 5.41) is 8.42. The Hall–Kier alpha value is -0.900. The maximum absolute atomic E-state index is 10.2. The number of carboxylic acids is 1. The van der Waals surface area contributed by atoms with Crippen LogP contribution in [0, 0.1) is 0 Å². The largest absolute Gasteiger partial charge is 0.481 e. The van der Waals surface area contributed by atoms with Gasteiger partial charge in [0, 0.05) is 6.42 Å². The molecule has 1 N–H and O–H groups in total. The highest BCUT2D eigenvalue weighted by Crippen LogP contribution is 2.14. The molecule has 0 unspecified atom stereocenters. The van der Waals surface area contributed by atoms with Gasteiger partial charge in [-0.15, -0.1) is 0 Å². The number of thioether (sulfide) groups is 1. The van der Waals surface area contributed by atoms with Gasteiger partial charge in [-0.05, 0) is 30.7 Å². The highest BCUT2D eigenvalue weighted by molar-refractivity contribution is 7.98. The lowest BCUT2D eigenvalue weighted by molar-refractivity contribution is -0.137. The Balaban J connectivity index is 1.87. The maximum Gasteiger partial charge on any atom is 0.303 e. The van der Waals surface area contributed by atoms with E-state index < -0.39 is 5.97 Å². The molecule has 0 spiro atoms. The summed E-state index contributed by atoms with van der Waals surface area (Å²) in [4.78, 5) is 10.2. The molecule has 0 aromatic carbocycles. The van der Waals surface area contributed by atoms with Gasteiger partial charge < -0.3 is 9.52 Å². The molecule has 0 bridgehead atoms. The van der Waals surface area contributed by atoms with E-state index in [0.29, 0.717) is 6.42 Å². The zero-order valence-corrected chi connectivity index (χ0v) is 9.46. The molecule has 84 valence electrons. The standard InChI is InChI=1S/C11H16O3S/c12-11(13)6-2-1-3-8-15-9-10-5-4-7-14-10/h4-5,7H,1-3,6,8-9H2,(H,12,13). The fraction of sp³-hybridized carbons (Fsp3) is 0.545. The van der Waals surface area contributed by atoms with Crippen molar-refractivity contribution in [2.75, 3.05) is 5.75 Å². The molecule has 0 radical (unpaired) electrons. The van der Waals surface area contributed by atoms with Gasteiger partial charge in [0.05, 0.1) is 12.0 Å². The van der Waals surface area contributed by atoms with Crippen molar-refractivity contribution in [2.45, 2.75) is 31.4 Å². The Bertz CT molecular complexity index is 269. The molecule has 1 aromatic rings. The number of hydrogen-bond acceptors (Lipinski definition) is 3. The number of rotatable bonds is 8. The van der Waals surface area contributed by atoms with Crippen molar-refractivity contribution in [1.29, 1.82) is 0 Å². The van der Waals surface area contributed by atoms with Gasteiger partial charge in [0.25, 0.3) is 0 Å². The number of furan rings is 1. The predicted octanol–water partition coefficient (Wildman–Crippen LogP) is 3.16. The Morgan fingerprint density at radius 3 is 2.93 bits per heavy atom. The van der Waals surface area contributed by atoms with Crippen LogP contribution in [-0.2, 0) is 10.5 Å². The summed E-state index contributed by atoms with van der Waals surface area (Å²) >= 11 is 1.83. The molecule has 0 atom stereocenters. The fourth-order valence-electron chi connectivity index (χ4n) is 1.22. The first-order chi connectivity index (χ1) is 7.29. The SMILES string of the molecule is O=C(O)CCCCCSCc1ccco1. The lowest BCUT2D eigenvalue weighted by atomic mass is 10.2. The van der Waals surface area contributed by atoms with Crippen molar-refractivity contribution in [3.8, 4) is 0 Å². The molecule has 15 heavy (non-hydrogen) atoms. The van der Waals surface area contributed by atoms with E-state index in [-0.39, 0.29) is 0 Å². The molecule has 0 aliphatic heterocycles. The lowest BCUT2D eigenvalue weighted by Crippen LogP contribution is -1.93. The number of hydrogen-bond donors (Lipinski definition) is 1. The third-order valence-electron chi connectivity index (χ3n) is 2.00. The second kappa shape index (κ2) is 7.40. The van der Waals surface area contributed by atoms with Crippen molar-refractivity contribution in [2.24, 2.45) is 0 Å². The Morgan fingerprint density at radius 1 is 1.40 bits per heavy atom. The van der Waals surface area contributed by atoms with Crippen LogP contribution in [0.1, 0.15) is 31.4 Å². The van der Waals surface area contributed by atoms with E-state index in [0.717, 1.165) is 36.5 Å². The second-order valence-electron chi connectivity index (χ2n) is 3.34. The molecule has 0 fully saturated rings.